The second-order valence-corrected chi connectivity index (χ2v) is 7.80. The lowest BCUT2D eigenvalue weighted by molar-refractivity contribution is 0.309. The Morgan fingerprint density at radius 3 is 2.65 bits per heavy atom. The van der Waals surface area contributed by atoms with Crippen molar-refractivity contribution in [1.29, 1.82) is 0 Å². The summed E-state index contributed by atoms with van der Waals surface area (Å²) >= 11 is 0. The fourth-order valence-electron chi connectivity index (χ4n) is 3.48. The van der Waals surface area contributed by atoms with Crippen LogP contribution in [0.1, 0.15) is 25.5 Å². The van der Waals surface area contributed by atoms with E-state index in [4.69, 9.17) is 9.26 Å². The average molecular weight is 461 g/mol. The molecule has 34 heavy (non-hydrogen) atoms. The maximum Gasteiger partial charge on any atom is 0.169 e. The number of hydrogen-bond acceptors (Lipinski definition) is 6. The van der Waals surface area contributed by atoms with Crippen LogP contribution < -0.4 is 4.74 Å². The van der Waals surface area contributed by atoms with Crippen LogP contribution in [0, 0.1) is 11.6 Å². The molecule has 2 aromatic carbocycles. The van der Waals surface area contributed by atoms with Gasteiger partial charge in [0.15, 0.2) is 23.2 Å². The molecule has 1 aromatic heterocycles. The van der Waals surface area contributed by atoms with E-state index in [1.165, 1.54) is 18.3 Å². The van der Waals surface area contributed by atoms with Crippen LogP contribution in [0.3, 0.4) is 0 Å². The number of hydrogen-bond donors (Lipinski definition) is 0. The number of aromatic nitrogens is 5. The minimum Gasteiger partial charge on any atom is -0.494 e. The van der Waals surface area contributed by atoms with E-state index in [-0.39, 0.29) is 11.4 Å². The molecule has 0 N–H and O–H groups in total. The van der Waals surface area contributed by atoms with Gasteiger partial charge in [-0.25, -0.2) is 18.7 Å². The molecule has 2 aliphatic heterocycles. The number of halogens is 2. The van der Waals surface area contributed by atoms with Gasteiger partial charge in [-0.05, 0) is 42.8 Å². The lowest BCUT2D eigenvalue weighted by atomic mass is 10.1. The van der Waals surface area contributed by atoms with Gasteiger partial charge in [0.05, 0.1) is 24.6 Å². The van der Waals surface area contributed by atoms with Crippen LogP contribution in [0.5, 0.6) is 5.75 Å². The lowest BCUT2D eigenvalue weighted by Crippen LogP contribution is -2.04. The third-order valence-electron chi connectivity index (χ3n) is 5.30. The molecule has 0 aliphatic carbocycles. The number of fused-ring (bicyclic) bond motifs is 1. The van der Waals surface area contributed by atoms with Gasteiger partial charge in [-0.15, -0.1) is 0 Å². The average Bonchev–Trinajstić information content (AvgIpc) is 3.48. The van der Waals surface area contributed by atoms with E-state index in [0.717, 1.165) is 30.2 Å². The van der Waals surface area contributed by atoms with Gasteiger partial charge in [-0.3, -0.25) is 4.68 Å². The second-order valence-electron chi connectivity index (χ2n) is 7.80. The molecular weight excluding hydrogens is 440 g/mol. The molecule has 0 saturated heterocycles. The normalized spacial score (nSPS) is 11.3. The largest absolute Gasteiger partial charge is 0.494 e. The Morgan fingerprint density at radius 2 is 1.82 bits per heavy atom. The van der Waals surface area contributed by atoms with Crippen molar-refractivity contribution in [2.45, 2.75) is 26.3 Å². The number of benzene rings is 2. The van der Waals surface area contributed by atoms with Crippen LogP contribution in [0.2, 0.25) is 0 Å². The molecule has 3 heterocycles. The van der Waals surface area contributed by atoms with E-state index >= 15 is 0 Å². The van der Waals surface area contributed by atoms with Crippen molar-refractivity contribution in [2.75, 3.05) is 6.61 Å². The molecule has 0 saturated carbocycles. The molecule has 0 unspecified atom stereocenters. The Balaban J connectivity index is 1.31. The second kappa shape index (κ2) is 9.38. The monoisotopic (exact) mass is 461 g/mol. The third-order valence-corrected chi connectivity index (χ3v) is 5.30. The van der Waals surface area contributed by atoms with E-state index in [2.05, 4.69) is 27.1 Å². The Morgan fingerprint density at radius 1 is 1.00 bits per heavy atom. The summed E-state index contributed by atoms with van der Waals surface area (Å²) in [5.74, 6) is -0.392. The first-order chi connectivity index (χ1) is 16.6. The third kappa shape index (κ3) is 4.50. The predicted octanol–water partition coefficient (Wildman–Crippen LogP) is 5.61. The SMILES string of the molecule is CCCCOc1ccc(-c2cc(Cn3cc4nc(-c5cccc(F)c5F)nc-4cn3)on2)cc1. The molecule has 5 rings (SSSR count). The molecule has 2 aliphatic rings. The number of rotatable bonds is 8. The van der Waals surface area contributed by atoms with Crippen molar-refractivity contribution >= 4 is 0 Å². The number of nitrogens with zero attached hydrogens (tertiary/aromatic N) is 5. The Labute approximate surface area is 194 Å². The van der Waals surface area contributed by atoms with Crippen LogP contribution in [0.25, 0.3) is 34.0 Å². The molecule has 0 atom stereocenters. The van der Waals surface area contributed by atoms with E-state index in [0.29, 0.717) is 36.0 Å². The Hall–Kier alpha value is -4.14. The zero-order valence-corrected chi connectivity index (χ0v) is 18.4. The van der Waals surface area contributed by atoms with Crippen LogP contribution in [-0.4, -0.2) is 31.5 Å². The van der Waals surface area contributed by atoms with Crippen LogP contribution in [-0.2, 0) is 6.54 Å². The molecule has 9 heteroatoms. The zero-order valence-electron chi connectivity index (χ0n) is 18.4. The van der Waals surface area contributed by atoms with Crippen molar-refractivity contribution < 1.29 is 18.0 Å². The topological polar surface area (TPSA) is 78.9 Å². The predicted molar refractivity (Wildman–Crippen MR) is 121 cm³/mol. The molecule has 0 amide bonds. The summed E-state index contributed by atoms with van der Waals surface area (Å²) in [6.07, 6.45) is 5.31. The summed E-state index contributed by atoms with van der Waals surface area (Å²) in [5, 5.41) is 8.47. The van der Waals surface area contributed by atoms with Gasteiger partial charge >= 0.3 is 0 Å². The summed E-state index contributed by atoms with van der Waals surface area (Å²) in [6, 6.07) is 13.5. The molecule has 7 nitrogen and oxygen atoms in total. The maximum atomic E-state index is 14.1. The van der Waals surface area contributed by atoms with E-state index in [9.17, 15) is 8.78 Å². The molecular formula is C25H21F2N5O2. The number of imidazole rings is 1. The Kier molecular flexibility index (Phi) is 5.99. The molecule has 0 spiro atoms. The zero-order chi connectivity index (χ0) is 23.5. The van der Waals surface area contributed by atoms with Crippen LogP contribution >= 0.6 is 0 Å². The highest BCUT2D eigenvalue weighted by atomic mass is 19.2. The minimum atomic E-state index is -0.978. The smallest absolute Gasteiger partial charge is 0.169 e. The van der Waals surface area contributed by atoms with Crippen LogP contribution in [0.4, 0.5) is 8.78 Å². The van der Waals surface area contributed by atoms with Gasteiger partial charge in [0.2, 0.25) is 0 Å². The highest BCUT2D eigenvalue weighted by Gasteiger charge is 2.18. The summed E-state index contributed by atoms with van der Waals surface area (Å²) in [6.45, 7) is 3.14. The van der Waals surface area contributed by atoms with E-state index in [1.807, 2.05) is 30.3 Å². The molecule has 0 bridgehead atoms. The fourth-order valence-corrected chi connectivity index (χ4v) is 3.48. The highest BCUT2D eigenvalue weighted by Crippen LogP contribution is 2.27. The highest BCUT2D eigenvalue weighted by molar-refractivity contribution is 5.65. The van der Waals surface area contributed by atoms with Crippen molar-refractivity contribution in [3.8, 4) is 39.8 Å². The van der Waals surface area contributed by atoms with Crippen molar-refractivity contribution in [1.82, 2.24) is 24.9 Å². The first-order valence-electron chi connectivity index (χ1n) is 10.9. The number of unbranched alkanes of at least 4 members (excludes halogenated alkanes) is 1. The van der Waals surface area contributed by atoms with Crippen LogP contribution in [0.15, 0.2) is 65.4 Å². The maximum absolute atomic E-state index is 14.1. The first-order valence-corrected chi connectivity index (χ1v) is 10.9. The summed E-state index contributed by atoms with van der Waals surface area (Å²) < 4.78 is 40.5. The van der Waals surface area contributed by atoms with Gasteiger partial charge in [0.25, 0.3) is 0 Å². The van der Waals surface area contributed by atoms with Crippen molar-refractivity contribution in [3.05, 3.63) is 78.3 Å². The molecule has 3 aromatic rings. The van der Waals surface area contributed by atoms with Gasteiger partial charge in [-0.2, -0.15) is 5.10 Å². The van der Waals surface area contributed by atoms with E-state index < -0.39 is 11.6 Å². The van der Waals surface area contributed by atoms with E-state index in [1.54, 1.807) is 10.9 Å². The number of ether oxygens (including phenoxy) is 1. The first kappa shape index (κ1) is 21.7. The van der Waals surface area contributed by atoms with Crippen molar-refractivity contribution in [3.63, 3.8) is 0 Å². The van der Waals surface area contributed by atoms with Crippen molar-refractivity contribution in [2.24, 2.45) is 0 Å². The minimum absolute atomic E-state index is 0.00408. The fraction of sp³-hybridized carbons (Fsp3) is 0.200. The van der Waals surface area contributed by atoms with Gasteiger partial charge in [-0.1, -0.05) is 24.6 Å². The van der Waals surface area contributed by atoms with Gasteiger partial charge in [0, 0.05) is 11.6 Å². The summed E-state index contributed by atoms with van der Waals surface area (Å²) in [7, 11) is 0. The molecule has 172 valence electrons. The summed E-state index contributed by atoms with van der Waals surface area (Å²) in [5.41, 5.74) is 2.61. The summed E-state index contributed by atoms with van der Waals surface area (Å²) in [4.78, 5) is 8.61. The standard InChI is InChI=1S/C25H21F2N5O2/c1-2-3-11-33-17-9-7-16(8-10-17)21-12-18(34-31-21)14-32-15-23-22(13-28-32)29-25(30-23)19-5-4-6-20(26)24(19)27/h4-10,12-13,15H,2-3,11,14H2,1H3. The Bertz CT molecular complexity index is 1380. The van der Waals surface area contributed by atoms with Gasteiger partial charge in [0.1, 0.15) is 29.4 Å². The molecule has 0 fully saturated rings. The van der Waals surface area contributed by atoms with Gasteiger partial charge < -0.3 is 9.26 Å². The lowest BCUT2D eigenvalue weighted by Gasteiger charge is -2.05. The quantitative estimate of drug-likeness (QED) is 0.280. The molecule has 0 radical (unpaired) electrons.